The SMILES string of the molecule is CC(C)(C)COC(=O)c1ccccc1C(=O)OC1C2CC3CC(C2)CC1C3. The van der Waals surface area contributed by atoms with Crippen LogP contribution in [0.3, 0.4) is 0 Å². The van der Waals surface area contributed by atoms with E-state index >= 15 is 0 Å². The molecule has 0 atom stereocenters. The van der Waals surface area contributed by atoms with Crippen LogP contribution in [0.5, 0.6) is 0 Å². The van der Waals surface area contributed by atoms with Gasteiger partial charge in [0.1, 0.15) is 6.10 Å². The first-order chi connectivity index (χ1) is 12.8. The molecule has 0 amide bonds. The van der Waals surface area contributed by atoms with Gasteiger partial charge in [0.15, 0.2) is 0 Å². The van der Waals surface area contributed by atoms with Gasteiger partial charge >= 0.3 is 11.9 Å². The van der Waals surface area contributed by atoms with Crippen LogP contribution in [0.25, 0.3) is 0 Å². The molecule has 0 heterocycles. The zero-order chi connectivity index (χ0) is 19.2. The normalized spacial score (nSPS) is 31.6. The molecule has 0 unspecified atom stereocenters. The Labute approximate surface area is 161 Å². The highest BCUT2D eigenvalue weighted by atomic mass is 16.5. The molecular formula is C23H30O4. The summed E-state index contributed by atoms with van der Waals surface area (Å²) in [6.07, 6.45) is 6.17. The summed E-state index contributed by atoms with van der Waals surface area (Å²) in [4.78, 5) is 25.5. The number of carbonyl (C=O) groups is 2. The van der Waals surface area contributed by atoms with Crippen LogP contribution in [0, 0.1) is 29.1 Å². The van der Waals surface area contributed by atoms with Gasteiger partial charge in [-0.05, 0) is 73.3 Å². The van der Waals surface area contributed by atoms with Gasteiger partial charge in [-0.3, -0.25) is 0 Å². The first-order valence-electron chi connectivity index (χ1n) is 10.3. The number of ether oxygens (including phenoxy) is 2. The van der Waals surface area contributed by atoms with Crippen molar-refractivity contribution in [2.45, 2.75) is 59.0 Å². The number of esters is 2. The highest BCUT2D eigenvalue weighted by Gasteiger charge is 2.50. The van der Waals surface area contributed by atoms with Crippen LogP contribution in [0.4, 0.5) is 0 Å². The van der Waals surface area contributed by atoms with Gasteiger partial charge in [-0.1, -0.05) is 32.9 Å². The lowest BCUT2D eigenvalue weighted by Gasteiger charge is -2.53. The van der Waals surface area contributed by atoms with Gasteiger partial charge < -0.3 is 9.47 Å². The van der Waals surface area contributed by atoms with Crippen LogP contribution >= 0.6 is 0 Å². The average Bonchev–Trinajstić information content (AvgIpc) is 2.61. The molecule has 0 N–H and O–H groups in total. The molecule has 0 aliphatic heterocycles. The highest BCUT2D eigenvalue weighted by Crippen LogP contribution is 2.54. The van der Waals surface area contributed by atoms with Crippen molar-refractivity contribution in [2.24, 2.45) is 29.1 Å². The third-order valence-corrected chi connectivity index (χ3v) is 6.39. The quantitative estimate of drug-likeness (QED) is 0.710. The zero-order valence-electron chi connectivity index (χ0n) is 16.6. The van der Waals surface area contributed by atoms with Gasteiger partial charge in [0.2, 0.25) is 0 Å². The van der Waals surface area contributed by atoms with E-state index in [2.05, 4.69) is 0 Å². The van der Waals surface area contributed by atoms with Gasteiger partial charge in [-0.15, -0.1) is 0 Å². The van der Waals surface area contributed by atoms with Crippen molar-refractivity contribution in [3.8, 4) is 0 Å². The van der Waals surface area contributed by atoms with Crippen LogP contribution < -0.4 is 0 Å². The number of hydrogen-bond acceptors (Lipinski definition) is 4. The van der Waals surface area contributed by atoms with Crippen LogP contribution in [-0.2, 0) is 9.47 Å². The van der Waals surface area contributed by atoms with Crippen molar-refractivity contribution in [2.75, 3.05) is 6.61 Å². The molecule has 146 valence electrons. The maximum atomic E-state index is 12.9. The zero-order valence-corrected chi connectivity index (χ0v) is 16.6. The molecule has 4 aliphatic rings. The lowest BCUT2D eigenvalue weighted by atomic mass is 9.55. The van der Waals surface area contributed by atoms with Crippen LogP contribution in [0.15, 0.2) is 24.3 Å². The number of rotatable bonds is 4. The van der Waals surface area contributed by atoms with Crippen molar-refractivity contribution in [3.63, 3.8) is 0 Å². The van der Waals surface area contributed by atoms with Crippen LogP contribution in [-0.4, -0.2) is 24.6 Å². The lowest BCUT2D eigenvalue weighted by Crippen LogP contribution is -2.50. The van der Waals surface area contributed by atoms with E-state index in [1.165, 1.54) is 32.1 Å². The summed E-state index contributed by atoms with van der Waals surface area (Å²) < 4.78 is 11.4. The predicted molar refractivity (Wildman–Crippen MR) is 102 cm³/mol. The van der Waals surface area contributed by atoms with E-state index in [1.54, 1.807) is 24.3 Å². The third kappa shape index (κ3) is 3.90. The second-order valence-electron chi connectivity index (χ2n) is 9.98. The third-order valence-electron chi connectivity index (χ3n) is 6.39. The molecule has 0 radical (unpaired) electrons. The van der Waals surface area contributed by atoms with Crippen molar-refractivity contribution >= 4 is 11.9 Å². The standard InChI is InChI=1S/C23H30O4/c1-23(2,3)13-26-21(24)18-6-4-5-7-19(18)22(25)27-20-16-9-14-8-15(11-16)12-17(20)10-14/h4-7,14-17,20H,8-13H2,1-3H3. The summed E-state index contributed by atoms with van der Waals surface area (Å²) >= 11 is 0. The smallest absolute Gasteiger partial charge is 0.339 e. The average molecular weight is 370 g/mol. The molecular weight excluding hydrogens is 340 g/mol. The van der Waals surface area contributed by atoms with Crippen LogP contribution in [0.2, 0.25) is 0 Å². The Morgan fingerprint density at radius 3 is 1.93 bits per heavy atom. The molecule has 4 aliphatic carbocycles. The molecule has 4 heteroatoms. The topological polar surface area (TPSA) is 52.6 Å². The second kappa shape index (κ2) is 6.96. The fraction of sp³-hybridized carbons (Fsp3) is 0.652. The maximum Gasteiger partial charge on any atom is 0.339 e. The summed E-state index contributed by atoms with van der Waals surface area (Å²) in [7, 11) is 0. The molecule has 4 saturated carbocycles. The summed E-state index contributed by atoms with van der Waals surface area (Å²) in [6.45, 7) is 6.33. The molecule has 1 aromatic carbocycles. The minimum absolute atomic E-state index is 0.0175. The summed E-state index contributed by atoms with van der Waals surface area (Å²) in [5.41, 5.74) is 0.506. The van der Waals surface area contributed by atoms with Gasteiger partial charge in [-0.25, -0.2) is 9.59 Å². The first-order valence-corrected chi connectivity index (χ1v) is 10.3. The molecule has 27 heavy (non-hydrogen) atoms. The maximum absolute atomic E-state index is 12.9. The number of benzene rings is 1. The fourth-order valence-corrected chi connectivity index (χ4v) is 5.45. The molecule has 4 nitrogen and oxygen atoms in total. The lowest BCUT2D eigenvalue weighted by molar-refractivity contribution is -0.101. The Balaban J connectivity index is 1.47. The van der Waals surface area contributed by atoms with Crippen molar-refractivity contribution in [3.05, 3.63) is 35.4 Å². The van der Waals surface area contributed by atoms with Gasteiger partial charge in [0.25, 0.3) is 0 Å². The van der Waals surface area contributed by atoms with E-state index in [1.807, 2.05) is 20.8 Å². The Morgan fingerprint density at radius 1 is 0.889 bits per heavy atom. The minimum atomic E-state index is -0.456. The molecule has 5 rings (SSSR count). The van der Waals surface area contributed by atoms with Crippen molar-refractivity contribution in [1.82, 2.24) is 0 Å². The Morgan fingerprint density at radius 2 is 1.41 bits per heavy atom. The van der Waals surface area contributed by atoms with Gasteiger partial charge in [0, 0.05) is 0 Å². The monoisotopic (exact) mass is 370 g/mol. The second-order valence-corrected chi connectivity index (χ2v) is 9.98. The summed E-state index contributed by atoms with van der Waals surface area (Å²) in [6, 6.07) is 6.85. The van der Waals surface area contributed by atoms with Gasteiger partial charge in [-0.2, -0.15) is 0 Å². The Bertz CT molecular complexity index is 702. The number of carbonyl (C=O) groups excluding carboxylic acids is 2. The molecule has 4 bridgehead atoms. The van der Waals surface area contributed by atoms with E-state index < -0.39 is 5.97 Å². The largest absolute Gasteiger partial charge is 0.462 e. The molecule has 0 saturated heterocycles. The summed E-state index contributed by atoms with van der Waals surface area (Å²) in [5.74, 6) is 1.85. The van der Waals surface area contributed by atoms with E-state index in [-0.39, 0.29) is 17.5 Å². The van der Waals surface area contributed by atoms with Crippen LogP contribution in [0.1, 0.15) is 73.6 Å². The Kier molecular flexibility index (Phi) is 4.77. The van der Waals surface area contributed by atoms with E-state index in [0.717, 1.165) is 11.8 Å². The van der Waals surface area contributed by atoms with Crippen molar-refractivity contribution in [1.29, 1.82) is 0 Å². The Hall–Kier alpha value is -1.84. The van der Waals surface area contributed by atoms with Crippen molar-refractivity contribution < 1.29 is 19.1 Å². The molecule has 0 spiro atoms. The predicted octanol–water partition coefficient (Wildman–Crippen LogP) is 4.87. The van der Waals surface area contributed by atoms with E-state index in [4.69, 9.17) is 9.47 Å². The van der Waals surface area contributed by atoms with E-state index in [0.29, 0.717) is 29.6 Å². The molecule has 0 aromatic heterocycles. The summed E-state index contributed by atoms with van der Waals surface area (Å²) in [5, 5.41) is 0. The van der Waals surface area contributed by atoms with E-state index in [9.17, 15) is 9.59 Å². The van der Waals surface area contributed by atoms with Gasteiger partial charge in [0.05, 0.1) is 17.7 Å². The first kappa shape index (κ1) is 18.5. The highest BCUT2D eigenvalue weighted by molar-refractivity contribution is 6.03. The fourth-order valence-electron chi connectivity index (χ4n) is 5.45. The number of hydrogen-bond donors (Lipinski definition) is 0. The molecule has 1 aromatic rings. The molecule has 4 fully saturated rings. The minimum Gasteiger partial charge on any atom is -0.462 e.